The van der Waals surface area contributed by atoms with Crippen molar-refractivity contribution in [1.82, 2.24) is 14.5 Å². The molecule has 0 fully saturated rings. The highest BCUT2D eigenvalue weighted by Crippen LogP contribution is 2.26. The number of nitrogens with zero attached hydrogens (tertiary/aromatic N) is 4. The van der Waals surface area contributed by atoms with Crippen LogP contribution in [-0.2, 0) is 18.4 Å². The first-order valence-electron chi connectivity index (χ1n) is 9.92. The Kier molecular flexibility index (Phi) is 4.65. The van der Waals surface area contributed by atoms with Gasteiger partial charge in [-0.05, 0) is 41.7 Å². The maximum absolute atomic E-state index is 13.5. The van der Waals surface area contributed by atoms with Gasteiger partial charge in [0, 0.05) is 43.2 Å². The molecule has 6 nitrogen and oxygen atoms in total. The largest absolute Gasteiger partial charge is 0.368 e. The van der Waals surface area contributed by atoms with Gasteiger partial charge < -0.3 is 10.6 Å². The molecule has 0 unspecified atom stereocenters. The van der Waals surface area contributed by atoms with Crippen LogP contribution in [0, 0.1) is 6.92 Å². The van der Waals surface area contributed by atoms with Crippen molar-refractivity contribution in [1.29, 1.82) is 0 Å². The molecule has 29 heavy (non-hydrogen) atoms. The summed E-state index contributed by atoms with van der Waals surface area (Å²) in [6, 6.07) is 10.2. The lowest BCUT2D eigenvalue weighted by molar-refractivity contribution is 0.589. The van der Waals surface area contributed by atoms with Crippen molar-refractivity contribution < 1.29 is 0 Å². The fraction of sp³-hybridized carbons (Fsp3) is 0.348. The summed E-state index contributed by atoms with van der Waals surface area (Å²) in [4.78, 5) is 24.1. The number of nitrogens with two attached hydrogens (primary N) is 1. The summed E-state index contributed by atoms with van der Waals surface area (Å²) < 4.78 is 1.74. The lowest BCUT2D eigenvalue weighted by Gasteiger charge is -2.30. The summed E-state index contributed by atoms with van der Waals surface area (Å²) in [5.74, 6) is 0.300. The maximum atomic E-state index is 13.5. The van der Waals surface area contributed by atoms with Gasteiger partial charge in [0.25, 0.3) is 5.56 Å². The molecule has 0 atom stereocenters. The molecule has 0 spiro atoms. The van der Waals surface area contributed by atoms with Gasteiger partial charge in [-0.2, -0.15) is 0 Å². The minimum Gasteiger partial charge on any atom is -0.368 e. The number of fused-ring (bicyclic) bond motifs is 1. The molecule has 6 heteroatoms. The van der Waals surface area contributed by atoms with Gasteiger partial charge >= 0.3 is 0 Å². The molecule has 0 bridgehead atoms. The highest BCUT2D eigenvalue weighted by atomic mass is 16.1. The van der Waals surface area contributed by atoms with E-state index < -0.39 is 0 Å². The number of aryl methyl sites for hydroxylation is 1. The molecule has 0 aliphatic carbocycles. The number of benzene rings is 1. The number of hydrogen-bond acceptors (Lipinski definition) is 5. The molecule has 0 radical (unpaired) electrons. The van der Waals surface area contributed by atoms with Crippen LogP contribution in [-0.4, -0.2) is 21.1 Å². The number of pyridine rings is 1. The van der Waals surface area contributed by atoms with E-state index in [2.05, 4.69) is 47.8 Å². The minimum absolute atomic E-state index is 0.00382. The number of hydrogen-bond donors (Lipinski definition) is 1. The highest BCUT2D eigenvalue weighted by molar-refractivity contribution is 5.55. The van der Waals surface area contributed by atoms with Crippen molar-refractivity contribution in [2.24, 2.45) is 0 Å². The fourth-order valence-electron chi connectivity index (χ4n) is 3.85. The zero-order valence-corrected chi connectivity index (χ0v) is 17.4. The normalized spacial score (nSPS) is 14.0. The van der Waals surface area contributed by atoms with E-state index in [1.165, 1.54) is 5.56 Å². The van der Waals surface area contributed by atoms with Crippen LogP contribution in [0.5, 0.6) is 0 Å². The minimum atomic E-state index is -0.00382. The first kappa shape index (κ1) is 19.2. The topological polar surface area (TPSA) is 77.0 Å². The summed E-state index contributed by atoms with van der Waals surface area (Å²) in [6.07, 6.45) is 4.38. The lowest BCUT2D eigenvalue weighted by Crippen LogP contribution is -2.37. The molecule has 4 rings (SSSR count). The van der Waals surface area contributed by atoms with Gasteiger partial charge in [-0.25, -0.2) is 9.97 Å². The van der Waals surface area contributed by atoms with E-state index in [1.54, 1.807) is 10.8 Å². The van der Waals surface area contributed by atoms with Gasteiger partial charge in [-0.1, -0.05) is 32.9 Å². The summed E-state index contributed by atoms with van der Waals surface area (Å²) in [6.45, 7) is 9.85. The van der Waals surface area contributed by atoms with E-state index in [9.17, 15) is 4.79 Å². The first-order valence-corrected chi connectivity index (χ1v) is 9.92. The zero-order valence-electron chi connectivity index (χ0n) is 17.4. The quantitative estimate of drug-likeness (QED) is 0.727. The summed E-state index contributed by atoms with van der Waals surface area (Å²) in [7, 11) is 0. The van der Waals surface area contributed by atoms with Crippen molar-refractivity contribution in [2.75, 3.05) is 17.2 Å². The molecule has 150 valence electrons. The monoisotopic (exact) mass is 389 g/mol. The zero-order chi connectivity index (χ0) is 20.8. The van der Waals surface area contributed by atoms with Gasteiger partial charge in [0.15, 0.2) is 0 Å². The second-order valence-corrected chi connectivity index (χ2v) is 8.69. The van der Waals surface area contributed by atoms with Crippen molar-refractivity contribution in [3.05, 3.63) is 75.5 Å². The summed E-state index contributed by atoms with van der Waals surface area (Å²) in [5, 5.41) is 0. The van der Waals surface area contributed by atoms with Gasteiger partial charge in [0.2, 0.25) is 5.95 Å². The standard InChI is InChI=1S/C23H27N5O/c1-15-8-11-28(18-7-5-6-17(12-18)23(2,3)4)21(29)20(15)27-10-9-19-16(14-27)13-25-22(24)26-19/h5-8,11-13H,9-10,14H2,1-4H3,(H2,24,25,26). The Labute approximate surface area is 171 Å². The molecule has 3 aromatic rings. The van der Waals surface area contributed by atoms with Gasteiger partial charge in [-0.15, -0.1) is 0 Å². The summed E-state index contributed by atoms with van der Waals surface area (Å²) in [5.41, 5.74) is 11.5. The van der Waals surface area contributed by atoms with Crippen LogP contribution in [0.4, 0.5) is 11.6 Å². The molecule has 2 N–H and O–H groups in total. The number of aromatic nitrogens is 3. The van der Waals surface area contributed by atoms with Crippen molar-refractivity contribution in [3.8, 4) is 5.69 Å². The number of anilines is 2. The van der Waals surface area contributed by atoms with Crippen LogP contribution in [0.2, 0.25) is 0 Å². The van der Waals surface area contributed by atoms with Gasteiger partial charge in [-0.3, -0.25) is 9.36 Å². The Morgan fingerprint density at radius 2 is 1.97 bits per heavy atom. The number of rotatable bonds is 2. The SMILES string of the molecule is Cc1ccn(-c2cccc(C(C)(C)C)c2)c(=O)c1N1CCc2nc(N)ncc2C1. The molecule has 2 aromatic heterocycles. The Morgan fingerprint density at radius 3 is 2.72 bits per heavy atom. The molecule has 1 aliphatic rings. The molecular formula is C23H27N5O. The molecular weight excluding hydrogens is 362 g/mol. The Morgan fingerprint density at radius 1 is 1.17 bits per heavy atom. The van der Waals surface area contributed by atoms with E-state index in [0.29, 0.717) is 12.5 Å². The van der Waals surface area contributed by atoms with E-state index in [1.807, 2.05) is 31.3 Å². The third-order valence-electron chi connectivity index (χ3n) is 5.53. The maximum Gasteiger partial charge on any atom is 0.278 e. The van der Waals surface area contributed by atoms with Gasteiger partial charge in [0.05, 0.1) is 5.69 Å². The predicted molar refractivity (Wildman–Crippen MR) is 117 cm³/mol. The van der Waals surface area contributed by atoms with Gasteiger partial charge in [0.1, 0.15) is 5.69 Å². The molecule has 1 aliphatic heterocycles. The lowest BCUT2D eigenvalue weighted by atomic mass is 9.87. The Hall–Kier alpha value is -3.15. The fourth-order valence-corrected chi connectivity index (χ4v) is 3.85. The van der Waals surface area contributed by atoms with E-state index in [-0.39, 0.29) is 11.0 Å². The Balaban J connectivity index is 1.76. The first-order chi connectivity index (χ1) is 13.7. The third kappa shape index (κ3) is 3.62. The number of nitrogen functional groups attached to an aromatic ring is 1. The van der Waals surface area contributed by atoms with Crippen LogP contribution in [0.3, 0.4) is 0 Å². The van der Waals surface area contributed by atoms with E-state index in [0.717, 1.165) is 41.2 Å². The van der Waals surface area contributed by atoms with Crippen molar-refractivity contribution in [2.45, 2.75) is 46.1 Å². The van der Waals surface area contributed by atoms with Crippen molar-refractivity contribution >= 4 is 11.6 Å². The van der Waals surface area contributed by atoms with E-state index in [4.69, 9.17) is 5.73 Å². The predicted octanol–water partition coefficient (Wildman–Crippen LogP) is 3.38. The summed E-state index contributed by atoms with van der Waals surface area (Å²) >= 11 is 0. The molecule has 3 heterocycles. The Bertz CT molecular complexity index is 1130. The average Bonchev–Trinajstić information content (AvgIpc) is 2.67. The highest BCUT2D eigenvalue weighted by Gasteiger charge is 2.23. The molecule has 0 saturated heterocycles. The van der Waals surface area contributed by atoms with Crippen LogP contribution in [0.25, 0.3) is 5.69 Å². The molecule has 1 aromatic carbocycles. The smallest absolute Gasteiger partial charge is 0.278 e. The van der Waals surface area contributed by atoms with Crippen LogP contribution in [0.15, 0.2) is 47.5 Å². The average molecular weight is 390 g/mol. The van der Waals surface area contributed by atoms with E-state index >= 15 is 0 Å². The van der Waals surface area contributed by atoms with Crippen LogP contribution < -0.4 is 16.2 Å². The van der Waals surface area contributed by atoms with Crippen molar-refractivity contribution in [3.63, 3.8) is 0 Å². The molecule has 0 saturated carbocycles. The third-order valence-corrected chi connectivity index (χ3v) is 5.53. The molecule has 0 amide bonds. The van der Waals surface area contributed by atoms with Crippen LogP contribution >= 0.6 is 0 Å². The second kappa shape index (κ2) is 7.03. The van der Waals surface area contributed by atoms with Crippen LogP contribution in [0.1, 0.15) is 43.2 Å². The second-order valence-electron chi connectivity index (χ2n) is 8.69.